The van der Waals surface area contributed by atoms with Gasteiger partial charge in [0, 0.05) is 24.3 Å². The van der Waals surface area contributed by atoms with Gasteiger partial charge >= 0.3 is 6.03 Å². The molecule has 5 nitrogen and oxygen atoms in total. The zero-order valence-corrected chi connectivity index (χ0v) is 16.4. The Morgan fingerprint density at radius 3 is 2.15 bits per heavy atom. The van der Waals surface area contributed by atoms with Crippen molar-refractivity contribution < 1.29 is 9.59 Å². The van der Waals surface area contributed by atoms with E-state index in [0.717, 1.165) is 16.8 Å². The Hall–Kier alpha value is -2.82. The van der Waals surface area contributed by atoms with Gasteiger partial charge in [0.1, 0.15) is 6.04 Å². The fraction of sp³-hybridized carbons (Fsp3) is 0.364. The predicted molar refractivity (Wildman–Crippen MR) is 109 cm³/mol. The fourth-order valence-corrected chi connectivity index (χ4v) is 3.26. The Morgan fingerprint density at radius 1 is 0.963 bits per heavy atom. The van der Waals surface area contributed by atoms with Crippen molar-refractivity contribution in [1.82, 2.24) is 10.2 Å². The molecule has 142 valence electrons. The number of piperazine rings is 1. The van der Waals surface area contributed by atoms with Gasteiger partial charge in [0.05, 0.1) is 0 Å². The quantitative estimate of drug-likeness (QED) is 0.877. The summed E-state index contributed by atoms with van der Waals surface area (Å²) in [5.41, 5.74) is 2.79. The number of hydrogen-bond acceptors (Lipinski definition) is 2. The number of nitrogens with one attached hydrogen (secondary N) is 1. The van der Waals surface area contributed by atoms with Gasteiger partial charge in [-0.15, -0.1) is 0 Å². The highest BCUT2D eigenvalue weighted by molar-refractivity contribution is 6.00. The van der Waals surface area contributed by atoms with Crippen molar-refractivity contribution in [3.63, 3.8) is 0 Å². The summed E-state index contributed by atoms with van der Waals surface area (Å²) in [6.45, 7) is 8.58. The summed E-state index contributed by atoms with van der Waals surface area (Å²) in [5, 5.41) is 2.94. The summed E-state index contributed by atoms with van der Waals surface area (Å²) in [7, 11) is 0. The minimum absolute atomic E-state index is 0.0576. The second-order valence-corrected chi connectivity index (χ2v) is 7.95. The maximum atomic E-state index is 12.9. The van der Waals surface area contributed by atoms with Crippen LogP contribution in [0, 0.1) is 0 Å². The van der Waals surface area contributed by atoms with Crippen molar-refractivity contribution in [3.05, 3.63) is 54.6 Å². The van der Waals surface area contributed by atoms with Crippen molar-refractivity contribution in [1.29, 1.82) is 0 Å². The van der Waals surface area contributed by atoms with Crippen molar-refractivity contribution in [2.75, 3.05) is 18.0 Å². The third kappa shape index (κ3) is 4.30. The first-order chi connectivity index (χ1) is 12.8. The van der Waals surface area contributed by atoms with Gasteiger partial charge in [-0.2, -0.15) is 0 Å². The van der Waals surface area contributed by atoms with E-state index in [1.165, 1.54) is 0 Å². The van der Waals surface area contributed by atoms with E-state index in [0.29, 0.717) is 13.1 Å². The molecule has 0 aliphatic carbocycles. The summed E-state index contributed by atoms with van der Waals surface area (Å²) < 4.78 is 0. The fourth-order valence-electron chi connectivity index (χ4n) is 3.26. The van der Waals surface area contributed by atoms with E-state index in [9.17, 15) is 9.59 Å². The molecule has 1 unspecified atom stereocenters. The van der Waals surface area contributed by atoms with Crippen molar-refractivity contribution in [2.24, 2.45) is 0 Å². The van der Waals surface area contributed by atoms with E-state index in [4.69, 9.17) is 0 Å². The molecule has 1 saturated heterocycles. The first-order valence-electron chi connectivity index (χ1n) is 9.32. The summed E-state index contributed by atoms with van der Waals surface area (Å²) in [4.78, 5) is 28.7. The second-order valence-electron chi connectivity index (χ2n) is 7.95. The molecular weight excluding hydrogens is 338 g/mol. The van der Waals surface area contributed by atoms with Gasteiger partial charge in [0.25, 0.3) is 0 Å². The van der Waals surface area contributed by atoms with Crippen LogP contribution < -0.4 is 10.2 Å². The number of hydrogen-bond donors (Lipinski definition) is 1. The molecule has 1 atom stereocenters. The van der Waals surface area contributed by atoms with E-state index in [1.807, 2.05) is 63.2 Å². The van der Waals surface area contributed by atoms with Gasteiger partial charge in [-0.1, -0.05) is 42.5 Å². The molecule has 2 aromatic carbocycles. The van der Waals surface area contributed by atoms with Crippen LogP contribution >= 0.6 is 0 Å². The lowest BCUT2D eigenvalue weighted by Crippen LogP contribution is -2.61. The topological polar surface area (TPSA) is 52.7 Å². The molecule has 0 bridgehead atoms. The molecule has 0 aromatic heterocycles. The lowest BCUT2D eigenvalue weighted by Gasteiger charge is -2.40. The molecule has 0 radical (unpaired) electrons. The van der Waals surface area contributed by atoms with Crippen molar-refractivity contribution in [2.45, 2.75) is 39.3 Å². The van der Waals surface area contributed by atoms with Crippen molar-refractivity contribution in [3.8, 4) is 11.1 Å². The molecule has 1 aliphatic rings. The smallest absolute Gasteiger partial charge is 0.318 e. The summed E-state index contributed by atoms with van der Waals surface area (Å²) in [5.74, 6) is -0.0576. The molecule has 0 spiro atoms. The zero-order chi connectivity index (χ0) is 19.6. The van der Waals surface area contributed by atoms with E-state index in [2.05, 4.69) is 17.4 Å². The second kappa shape index (κ2) is 7.43. The van der Waals surface area contributed by atoms with E-state index >= 15 is 0 Å². The molecule has 27 heavy (non-hydrogen) atoms. The molecule has 5 heteroatoms. The lowest BCUT2D eigenvalue weighted by molar-refractivity contribution is -0.124. The summed E-state index contributed by atoms with van der Waals surface area (Å²) >= 11 is 0. The van der Waals surface area contributed by atoms with Crippen LogP contribution in [0.5, 0.6) is 0 Å². The first-order valence-corrected chi connectivity index (χ1v) is 9.32. The molecule has 1 N–H and O–H groups in total. The average molecular weight is 365 g/mol. The van der Waals surface area contributed by atoms with E-state index in [-0.39, 0.29) is 17.5 Å². The number of benzene rings is 2. The standard InChI is InChI=1S/C22H27N3O2/c1-16-20(26)25(15-14-24(16)21(27)23-22(2,3)4)19-12-10-18(11-13-19)17-8-6-5-7-9-17/h5-13,16H,14-15H2,1-4H3,(H,23,27). The summed E-state index contributed by atoms with van der Waals surface area (Å²) in [6, 6.07) is 17.5. The van der Waals surface area contributed by atoms with Crippen LogP contribution in [0.1, 0.15) is 27.7 Å². The number of nitrogens with zero attached hydrogens (tertiary/aromatic N) is 2. The van der Waals surface area contributed by atoms with Crippen LogP contribution in [-0.4, -0.2) is 41.5 Å². The SMILES string of the molecule is CC1C(=O)N(c2ccc(-c3ccccc3)cc2)CCN1C(=O)NC(C)(C)C. The molecule has 3 rings (SSSR count). The van der Waals surface area contributed by atoms with Crippen LogP contribution in [0.25, 0.3) is 11.1 Å². The monoisotopic (exact) mass is 365 g/mol. The van der Waals surface area contributed by atoms with Crippen molar-refractivity contribution >= 4 is 17.6 Å². The van der Waals surface area contributed by atoms with Crippen LogP contribution in [-0.2, 0) is 4.79 Å². The highest BCUT2D eigenvalue weighted by Crippen LogP contribution is 2.25. The molecule has 3 amide bonds. The normalized spacial score (nSPS) is 17.8. The molecule has 0 saturated carbocycles. The molecule has 2 aromatic rings. The molecule has 1 aliphatic heterocycles. The number of carbonyl (C=O) groups is 2. The maximum absolute atomic E-state index is 12.9. The molecular formula is C22H27N3O2. The number of carbonyl (C=O) groups excluding carboxylic acids is 2. The molecule has 1 heterocycles. The third-order valence-electron chi connectivity index (χ3n) is 4.68. The number of rotatable bonds is 2. The lowest BCUT2D eigenvalue weighted by atomic mass is 10.0. The highest BCUT2D eigenvalue weighted by Gasteiger charge is 2.35. The maximum Gasteiger partial charge on any atom is 0.318 e. The zero-order valence-electron chi connectivity index (χ0n) is 16.4. The average Bonchev–Trinajstić information content (AvgIpc) is 2.63. The summed E-state index contributed by atoms with van der Waals surface area (Å²) in [6.07, 6.45) is 0. The highest BCUT2D eigenvalue weighted by atomic mass is 16.2. The van der Waals surface area contributed by atoms with Gasteiger partial charge in [-0.3, -0.25) is 4.79 Å². The third-order valence-corrected chi connectivity index (χ3v) is 4.68. The van der Waals surface area contributed by atoms with Crippen LogP contribution in [0.4, 0.5) is 10.5 Å². The minimum Gasteiger partial charge on any atom is -0.333 e. The Balaban J connectivity index is 1.72. The Bertz CT molecular complexity index is 810. The van der Waals surface area contributed by atoms with Gasteiger partial charge in [0.15, 0.2) is 0 Å². The number of urea groups is 1. The van der Waals surface area contributed by atoms with Gasteiger partial charge in [-0.05, 0) is 51.0 Å². The van der Waals surface area contributed by atoms with Gasteiger partial charge < -0.3 is 15.1 Å². The Morgan fingerprint density at radius 2 is 1.56 bits per heavy atom. The Labute approximate surface area is 161 Å². The van der Waals surface area contributed by atoms with Gasteiger partial charge in [0.2, 0.25) is 5.91 Å². The Kier molecular flexibility index (Phi) is 5.22. The van der Waals surface area contributed by atoms with Crippen LogP contribution in [0.3, 0.4) is 0 Å². The van der Waals surface area contributed by atoms with Crippen LogP contribution in [0.2, 0.25) is 0 Å². The van der Waals surface area contributed by atoms with Gasteiger partial charge in [-0.25, -0.2) is 4.79 Å². The number of amides is 3. The van der Waals surface area contributed by atoms with E-state index in [1.54, 1.807) is 16.7 Å². The largest absolute Gasteiger partial charge is 0.333 e. The minimum atomic E-state index is -0.491. The van der Waals surface area contributed by atoms with E-state index < -0.39 is 6.04 Å². The van der Waals surface area contributed by atoms with Crippen LogP contribution in [0.15, 0.2) is 54.6 Å². The predicted octanol–water partition coefficient (Wildman–Crippen LogP) is 3.90. The number of anilines is 1. The molecule has 1 fully saturated rings. The first kappa shape index (κ1) is 19.0.